The van der Waals surface area contributed by atoms with Crippen LogP contribution in [0.4, 0.5) is 0 Å². The van der Waals surface area contributed by atoms with E-state index in [-0.39, 0.29) is 0 Å². The monoisotopic (exact) mass is 385 g/mol. The lowest BCUT2D eigenvalue weighted by Crippen LogP contribution is -2.31. The standard InChI is InChI=1S/C19H16BrNOS/c1-21-15-5-3-2-4-13(15)18-17-11(10-23-19(18)21)9-22-16-7-6-12(20)8-14(16)17/h2-8,11,17H,9-10H2,1H3/t11-,17+/m0/s1. The molecule has 0 unspecified atom stereocenters. The summed E-state index contributed by atoms with van der Waals surface area (Å²) in [5.41, 5.74) is 4.15. The molecule has 3 aromatic rings. The summed E-state index contributed by atoms with van der Waals surface area (Å²) in [6.45, 7) is 0.814. The van der Waals surface area contributed by atoms with E-state index in [1.165, 1.54) is 27.1 Å². The van der Waals surface area contributed by atoms with E-state index in [1.807, 2.05) is 11.8 Å². The van der Waals surface area contributed by atoms with E-state index in [0.717, 1.165) is 22.6 Å². The van der Waals surface area contributed by atoms with Gasteiger partial charge in [-0.2, -0.15) is 0 Å². The van der Waals surface area contributed by atoms with Crippen LogP contribution < -0.4 is 4.74 Å². The number of hydrogen-bond donors (Lipinski definition) is 0. The van der Waals surface area contributed by atoms with Crippen LogP contribution in [0.2, 0.25) is 0 Å². The molecule has 3 heterocycles. The van der Waals surface area contributed by atoms with E-state index in [0.29, 0.717) is 11.8 Å². The number of ether oxygens (including phenoxy) is 1. The van der Waals surface area contributed by atoms with Gasteiger partial charge in [-0.15, -0.1) is 11.8 Å². The normalized spacial score (nSPS) is 22.2. The minimum Gasteiger partial charge on any atom is -0.493 e. The maximum absolute atomic E-state index is 6.04. The maximum atomic E-state index is 6.04. The molecular weight excluding hydrogens is 370 g/mol. The van der Waals surface area contributed by atoms with E-state index in [1.54, 1.807) is 0 Å². The molecule has 0 radical (unpaired) electrons. The number of rotatable bonds is 0. The lowest BCUT2D eigenvalue weighted by molar-refractivity contribution is 0.218. The lowest BCUT2D eigenvalue weighted by Gasteiger charge is -2.37. The quantitative estimate of drug-likeness (QED) is 0.528. The molecule has 0 N–H and O–H groups in total. The van der Waals surface area contributed by atoms with Crippen molar-refractivity contribution in [3.63, 3.8) is 0 Å². The van der Waals surface area contributed by atoms with Gasteiger partial charge in [-0.25, -0.2) is 0 Å². The fraction of sp³-hybridized carbons (Fsp3) is 0.263. The highest BCUT2D eigenvalue weighted by Gasteiger charge is 2.39. The first-order valence-electron chi connectivity index (χ1n) is 7.86. The number of nitrogens with zero attached hydrogens (tertiary/aromatic N) is 1. The minimum absolute atomic E-state index is 0.429. The van der Waals surface area contributed by atoms with Crippen LogP contribution in [0.5, 0.6) is 5.75 Å². The molecule has 0 spiro atoms. The SMILES string of the molecule is Cn1c2c(c3ccccc31)[C@H]1c3cc(Br)ccc3OC[C@H]1CS2. The van der Waals surface area contributed by atoms with Crippen LogP contribution in [-0.2, 0) is 7.05 Å². The van der Waals surface area contributed by atoms with Crippen molar-refractivity contribution in [1.82, 2.24) is 4.57 Å². The average Bonchev–Trinajstić information content (AvgIpc) is 2.88. The van der Waals surface area contributed by atoms with Crippen LogP contribution in [0.25, 0.3) is 10.9 Å². The first kappa shape index (κ1) is 14.0. The van der Waals surface area contributed by atoms with Gasteiger partial charge in [0.25, 0.3) is 0 Å². The molecule has 0 saturated heterocycles. The van der Waals surface area contributed by atoms with Crippen molar-refractivity contribution >= 4 is 38.6 Å². The third-order valence-corrected chi connectivity index (χ3v) is 6.92. The largest absolute Gasteiger partial charge is 0.493 e. The second kappa shape index (κ2) is 5.05. The van der Waals surface area contributed by atoms with Gasteiger partial charge in [0.05, 0.1) is 11.6 Å². The Morgan fingerprint density at radius 2 is 2.09 bits per heavy atom. The Morgan fingerprint density at radius 1 is 1.22 bits per heavy atom. The van der Waals surface area contributed by atoms with Crippen molar-refractivity contribution in [2.24, 2.45) is 13.0 Å². The molecule has 0 saturated carbocycles. The summed E-state index contributed by atoms with van der Waals surface area (Å²) < 4.78 is 9.53. The van der Waals surface area contributed by atoms with Gasteiger partial charge in [-0.3, -0.25) is 0 Å². The molecule has 23 heavy (non-hydrogen) atoms. The smallest absolute Gasteiger partial charge is 0.123 e. The third-order valence-electron chi connectivity index (χ3n) is 5.07. The van der Waals surface area contributed by atoms with E-state index >= 15 is 0 Å². The van der Waals surface area contributed by atoms with Crippen molar-refractivity contribution in [3.8, 4) is 5.75 Å². The molecule has 2 aliphatic rings. The summed E-state index contributed by atoms with van der Waals surface area (Å²) in [7, 11) is 2.19. The van der Waals surface area contributed by atoms with Crippen LogP contribution in [0, 0.1) is 5.92 Å². The number of benzene rings is 2. The van der Waals surface area contributed by atoms with E-state index in [4.69, 9.17) is 4.74 Å². The fourth-order valence-corrected chi connectivity index (χ4v) is 5.76. The van der Waals surface area contributed by atoms with E-state index < -0.39 is 0 Å². The van der Waals surface area contributed by atoms with Crippen molar-refractivity contribution in [2.45, 2.75) is 10.9 Å². The maximum Gasteiger partial charge on any atom is 0.123 e. The molecule has 0 aliphatic carbocycles. The van der Waals surface area contributed by atoms with Crippen molar-refractivity contribution in [3.05, 3.63) is 58.1 Å². The van der Waals surface area contributed by atoms with Gasteiger partial charge in [0, 0.05) is 45.6 Å². The Bertz CT molecular complexity index is 933. The third kappa shape index (κ3) is 1.94. The first-order chi connectivity index (χ1) is 11.2. The summed E-state index contributed by atoms with van der Waals surface area (Å²) >= 11 is 5.61. The van der Waals surface area contributed by atoms with Crippen molar-refractivity contribution in [1.29, 1.82) is 0 Å². The molecule has 0 bridgehead atoms. The molecular formula is C19H16BrNOS. The highest BCUT2D eigenvalue weighted by molar-refractivity contribution is 9.10. The lowest BCUT2D eigenvalue weighted by atomic mass is 9.79. The fourth-order valence-electron chi connectivity index (χ4n) is 4.04. The van der Waals surface area contributed by atoms with Crippen molar-refractivity contribution in [2.75, 3.05) is 12.4 Å². The number of halogens is 1. The Hall–Kier alpha value is -1.39. The highest BCUT2D eigenvalue weighted by Crippen LogP contribution is 2.52. The van der Waals surface area contributed by atoms with Crippen LogP contribution in [0.3, 0.4) is 0 Å². The first-order valence-corrected chi connectivity index (χ1v) is 9.64. The van der Waals surface area contributed by atoms with Gasteiger partial charge >= 0.3 is 0 Å². The zero-order chi connectivity index (χ0) is 15.6. The molecule has 2 atom stereocenters. The molecule has 2 nitrogen and oxygen atoms in total. The molecule has 5 rings (SSSR count). The molecule has 2 aliphatic heterocycles. The Balaban J connectivity index is 1.83. The highest BCUT2D eigenvalue weighted by atomic mass is 79.9. The summed E-state index contributed by atoms with van der Waals surface area (Å²) in [6.07, 6.45) is 0. The van der Waals surface area contributed by atoms with Gasteiger partial charge in [0.1, 0.15) is 5.75 Å². The number of fused-ring (bicyclic) bond motifs is 7. The van der Waals surface area contributed by atoms with Crippen LogP contribution in [0.1, 0.15) is 17.0 Å². The van der Waals surface area contributed by atoms with Gasteiger partial charge in [0.2, 0.25) is 0 Å². The summed E-state index contributed by atoms with van der Waals surface area (Å²) in [4.78, 5) is 0. The molecule has 1 aromatic heterocycles. The number of thioether (sulfide) groups is 1. The second-order valence-electron chi connectivity index (χ2n) is 6.34. The minimum atomic E-state index is 0.429. The Morgan fingerprint density at radius 3 is 3.00 bits per heavy atom. The zero-order valence-electron chi connectivity index (χ0n) is 12.8. The predicted molar refractivity (Wildman–Crippen MR) is 98.6 cm³/mol. The molecule has 2 aromatic carbocycles. The number of hydrogen-bond acceptors (Lipinski definition) is 2. The molecule has 0 amide bonds. The van der Waals surface area contributed by atoms with E-state index in [9.17, 15) is 0 Å². The van der Waals surface area contributed by atoms with Gasteiger partial charge in [-0.1, -0.05) is 34.1 Å². The van der Waals surface area contributed by atoms with Crippen molar-refractivity contribution < 1.29 is 4.74 Å². The van der Waals surface area contributed by atoms with Crippen LogP contribution >= 0.6 is 27.7 Å². The summed E-state index contributed by atoms with van der Waals surface area (Å²) in [6, 6.07) is 15.2. The Labute approximate surface area is 148 Å². The number of aromatic nitrogens is 1. The zero-order valence-corrected chi connectivity index (χ0v) is 15.2. The molecule has 4 heteroatoms. The average molecular weight is 386 g/mol. The second-order valence-corrected chi connectivity index (χ2v) is 8.26. The number of aryl methyl sites for hydroxylation is 1. The molecule has 116 valence electrons. The summed E-state index contributed by atoms with van der Waals surface area (Å²) in [5, 5.41) is 2.81. The number of para-hydroxylation sites is 1. The molecule has 0 fully saturated rings. The van der Waals surface area contributed by atoms with Gasteiger partial charge in [-0.05, 0) is 29.8 Å². The predicted octanol–water partition coefficient (Wildman–Crippen LogP) is 5.19. The summed E-state index contributed by atoms with van der Waals surface area (Å²) in [5.74, 6) is 3.13. The van der Waals surface area contributed by atoms with Gasteiger partial charge in [0.15, 0.2) is 0 Å². The van der Waals surface area contributed by atoms with Crippen LogP contribution in [0.15, 0.2) is 52.0 Å². The van der Waals surface area contributed by atoms with E-state index in [2.05, 4.69) is 70.0 Å². The topological polar surface area (TPSA) is 14.2 Å². The van der Waals surface area contributed by atoms with Gasteiger partial charge < -0.3 is 9.30 Å². The Kier molecular flexibility index (Phi) is 3.07. The van der Waals surface area contributed by atoms with Crippen LogP contribution in [-0.4, -0.2) is 16.9 Å².